The number of aromatic nitrogens is 3. The molecule has 2 aromatic heterocycles. The smallest absolute Gasteiger partial charge is 0.219 e. The van der Waals surface area contributed by atoms with Crippen LogP contribution in [0.5, 0.6) is 0 Å². The molecule has 6 nitrogen and oxygen atoms in total. The van der Waals surface area contributed by atoms with Gasteiger partial charge in [-0.1, -0.05) is 0 Å². The normalized spacial score (nSPS) is 21.9. The summed E-state index contributed by atoms with van der Waals surface area (Å²) in [4.78, 5) is 25.0. The van der Waals surface area contributed by atoms with E-state index >= 15 is 0 Å². The lowest BCUT2D eigenvalue weighted by atomic mass is 10.2. The van der Waals surface area contributed by atoms with Gasteiger partial charge in [-0.05, 0) is 32.2 Å². The lowest BCUT2D eigenvalue weighted by Crippen LogP contribution is -2.43. The number of rotatable bonds is 5. The first-order valence-electron chi connectivity index (χ1n) is 8.49. The van der Waals surface area contributed by atoms with Crippen LogP contribution in [-0.2, 0) is 11.3 Å². The fourth-order valence-corrected chi connectivity index (χ4v) is 3.68. The van der Waals surface area contributed by atoms with Crippen molar-refractivity contribution in [2.24, 2.45) is 0 Å². The summed E-state index contributed by atoms with van der Waals surface area (Å²) < 4.78 is 2.10. The SMILES string of the molecule is CC(=O)N(CC1CCCN1Cc1cnc2cnccn12)C1CC1. The predicted octanol–water partition coefficient (Wildman–Crippen LogP) is 1.70. The van der Waals surface area contributed by atoms with E-state index in [-0.39, 0.29) is 5.91 Å². The fourth-order valence-electron chi connectivity index (χ4n) is 3.68. The molecule has 1 saturated carbocycles. The second-order valence-corrected chi connectivity index (χ2v) is 6.72. The summed E-state index contributed by atoms with van der Waals surface area (Å²) in [5, 5.41) is 0. The van der Waals surface area contributed by atoms with Crippen molar-refractivity contribution >= 4 is 11.6 Å². The molecule has 0 radical (unpaired) electrons. The zero-order valence-corrected chi connectivity index (χ0v) is 13.6. The van der Waals surface area contributed by atoms with Crippen LogP contribution in [0.25, 0.3) is 5.65 Å². The van der Waals surface area contributed by atoms with Crippen molar-refractivity contribution < 1.29 is 4.79 Å². The molecule has 0 aromatic carbocycles. The number of hydrogen-bond donors (Lipinski definition) is 0. The second-order valence-electron chi connectivity index (χ2n) is 6.72. The van der Waals surface area contributed by atoms with Gasteiger partial charge in [0, 0.05) is 44.5 Å². The first kappa shape index (κ1) is 14.6. The van der Waals surface area contributed by atoms with Gasteiger partial charge in [0.05, 0.1) is 18.1 Å². The third-order valence-electron chi connectivity index (χ3n) is 5.06. The molecule has 4 rings (SSSR count). The summed E-state index contributed by atoms with van der Waals surface area (Å²) >= 11 is 0. The van der Waals surface area contributed by atoms with Gasteiger partial charge in [-0.15, -0.1) is 0 Å². The molecule has 1 aliphatic heterocycles. The molecule has 6 heteroatoms. The Morgan fingerprint density at radius 1 is 1.35 bits per heavy atom. The maximum atomic E-state index is 11.9. The van der Waals surface area contributed by atoms with E-state index in [1.807, 2.05) is 12.4 Å². The van der Waals surface area contributed by atoms with Gasteiger partial charge < -0.3 is 4.90 Å². The van der Waals surface area contributed by atoms with E-state index in [0.29, 0.717) is 12.1 Å². The molecule has 0 spiro atoms. The summed E-state index contributed by atoms with van der Waals surface area (Å²) in [6.07, 6.45) is 12.2. The third kappa shape index (κ3) is 2.95. The first-order chi connectivity index (χ1) is 11.2. The van der Waals surface area contributed by atoms with E-state index in [2.05, 4.69) is 24.2 Å². The average molecular weight is 313 g/mol. The molecule has 1 aliphatic carbocycles. The number of likely N-dealkylation sites (tertiary alicyclic amines) is 1. The molecule has 2 aromatic rings. The molecule has 1 amide bonds. The third-order valence-corrected chi connectivity index (χ3v) is 5.06. The van der Waals surface area contributed by atoms with Crippen molar-refractivity contribution in [3.63, 3.8) is 0 Å². The van der Waals surface area contributed by atoms with Crippen LogP contribution in [0, 0.1) is 0 Å². The van der Waals surface area contributed by atoms with Crippen molar-refractivity contribution in [1.82, 2.24) is 24.2 Å². The number of nitrogens with zero attached hydrogens (tertiary/aromatic N) is 5. The quantitative estimate of drug-likeness (QED) is 0.843. The van der Waals surface area contributed by atoms with Gasteiger partial charge in [0.2, 0.25) is 5.91 Å². The van der Waals surface area contributed by atoms with E-state index < -0.39 is 0 Å². The van der Waals surface area contributed by atoms with E-state index in [1.165, 1.54) is 31.4 Å². The molecule has 2 aliphatic rings. The van der Waals surface area contributed by atoms with E-state index in [0.717, 1.165) is 25.3 Å². The molecular formula is C17H23N5O. The van der Waals surface area contributed by atoms with Crippen LogP contribution < -0.4 is 0 Å². The number of carbonyl (C=O) groups is 1. The van der Waals surface area contributed by atoms with Crippen molar-refractivity contribution in [2.45, 2.75) is 51.2 Å². The van der Waals surface area contributed by atoms with Crippen LogP contribution >= 0.6 is 0 Å². The lowest BCUT2D eigenvalue weighted by molar-refractivity contribution is -0.130. The molecule has 3 heterocycles. The zero-order chi connectivity index (χ0) is 15.8. The molecule has 1 atom stereocenters. The van der Waals surface area contributed by atoms with Crippen LogP contribution in [0.2, 0.25) is 0 Å². The standard InChI is InChI=1S/C17H23N5O/c1-13(23)22(14-4-5-14)12-15-3-2-7-20(15)11-16-9-19-17-10-18-6-8-21(16)17/h6,8-10,14-15H,2-5,7,11-12H2,1H3. The summed E-state index contributed by atoms with van der Waals surface area (Å²) in [6.45, 7) is 4.55. The maximum Gasteiger partial charge on any atom is 0.219 e. The van der Waals surface area contributed by atoms with Crippen LogP contribution in [0.3, 0.4) is 0 Å². The minimum atomic E-state index is 0.222. The molecule has 0 bridgehead atoms. The van der Waals surface area contributed by atoms with E-state index in [9.17, 15) is 4.79 Å². The summed E-state index contributed by atoms with van der Waals surface area (Å²) in [7, 11) is 0. The molecule has 122 valence electrons. The Morgan fingerprint density at radius 2 is 2.22 bits per heavy atom. The highest BCUT2D eigenvalue weighted by atomic mass is 16.2. The van der Waals surface area contributed by atoms with E-state index in [1.54, 1.807) is 19.3 Å². The molecule has 1 saturated heterocycles. The number of fused-ring (bicyclic) bond motifs is 1. The Morgan fingerprint density at radius 3 is 3.00 bits per heavy atom. The molecule has 0 N–H and O–H groups in total. The molecular weight excluding hydrogens is 290 g/mol. The van der Waals surface area contributed by atoms with Crippen LogP contribution in [0.1, 0.15) is 38.3 Å². The Bertz CT molecular complexity index is 708. The van der Waals surface area contributed by atoms with Gasteiger partial charge in [0.1, 0.15) is 0 Å². The van der Waals surface area contributed by atoms with E-state index in [4.69, 9.17) is 0 Å². The average Bonchev–Trinajstić information content (AvgIpc) is 3.16. The Balaban J connectivity index is 1.48. The van der Waals surface area contributed by atoms with Crippen LogP contribution in [-0.4, -0.2) is 55.2 Å². The highest BCUT2D eigenvalue weighted by Gasteiger charge is 2.35. The topological polar surface area (TPSA) is 53.7 Å². The monoisotopic (exact) mass is 313 g/mol. The van der Waals surface area contributed by atoms with Crippen LogP contribution in [0.15, 0.2) is 24.8 Å². The first-order valence-corrected chi connectivity index (χ1v) is 8.49. The summed E-state index contributed by atoms with van der Waals surface area (Å²) in [6, 6.07) is 0.962. The fraction of sp³-hybridized carbons (Fsp3) is 0.588. The largest absolute Gasteiger partial charge is 0.338 e. The van der Waals surface area contributed by atoms with Crippen molar-refractivity contribution in [2.75, 3.05) is 13.1 Å². The minimum absolute atomic E-state index is 0.222. The number of imidazole rings is 1. The Kier molecular flexibility index (Phi) is 3.77. The molecule has 2 fully saturated rings. The number of amides is 1. The zero-order valence-electron chi connectivity index (χ0n) is 13.6. The van der Waals surface area contributed by atoms with Crippen molar-refractivity contribution in [3.8, 4) is 0 Å². The van der Waals surface area contributed by atoms with Gasteiger partial charge in [-0.25, -0.2) is 4.98 Å². The summed E-state index contributed by atoms with van der Waals surface area (Å²) in [5.41, 5.74) is 2.08. The van der Waals surface area contributed by atoms with Crippen LogP contribution in [0.4, 0.5) is 0 Å². The molecule has 1 unspecified atom stereocenters. The maximum absolute atomic E-state index is 11.9. The Hall–Kier alpha value is -1.95. The van der Waals surface area contributed by atoms with Crippen molar-refractivity contribution in [1.29, 1.82) is 0 Å². The van der Waals surface area contributed by atoms with Gasteiger partial charge in [-0.2, -0.15) is 0 Å². The van der Waals surface area contributed by atoms with Crippen molar-refractivity contribution in [3.05, 3.63) is 30.5 Å². The van der Waals surface area contributed by atoms with Gasteiger partial charge in [0.15, 0.2) is 5.65 Å². The molecule has 23 heavy (non-hydrogen) atoms. The highest BCUT2D eigenvalue weighted by molar-refractivity contribution is 5.74. The minimum Gasteiger partial charge on any atom is -0.338 e. The van der Waals surface area contributed by atoms with Gasteiger partial charge >= 0.3 is 0 Å². The predicted molar refractivity (Wildman–Crippen MR) is 86.8 cm³/mol. The van der Waals surface area contributed by atoms with Gasteiger partial charge in [-0.3, -0.25) is 19.1 Å². The number of carbonyl (C=O) groups excluding carboxylic acids is 1. The van der Waals surface area contributed by atoms with Gasteiger partial charge in [0.25, 0.3) is 0 Å². The second kappa shape index (κ2) is 5.92. The highest BCUT2D eigenvalue weighted by Crippen LogP contribution is 2.29. The summed E-state index contributed by atoms with van der Waals surface area (Å²) in [5.74, 6) is 0.222. The Labute approximate surface area is 136 Å². The number of hydrogen-bond acceptors (Lipinski definition) is 4. The lowest BCUT2D eigenvalue weighted by Gasteiger charge is -2.30.